The van der Waals surface area contributed by atoms with E-state index in [1.165, 1.54) is 4.90 Å². The van der Waals surface area contributed by atoms with Gasteiger partial charge < -0.3 is 15.0 Å². The second-order valence-electron chi connectivity index (χ2n) is 6.35. The lowest BCUT2D eigenvalue weighted by molar-refractivity contribution is -0.134. The molecule has 0 aliphatic carbocycles. The van der Waals surface area contributed by atoms with Crippen molar-refractivity contribution in [2.75, 3.05) is 19.0 Å². The number of hydrogen-bond donors (Lipinski definition) is 1. The molecule has 0 saturated heterocycles. The molecule has 0 aliphatic heterocycles. The van der Waals surface area contributed by atoms with Crippen molar-refractivity contribution in [3.63, 3.8) is 0 Å². The Balaban J connectivity index is 2.00. The highest BCUT2D eigenvalue weighted by atomic mass is 16.5. The predicted octanol–water partition coefficient (Wildman–Crippen LogP) is 3.30. The van der Waals surface area contributed by atoms with E-state index in [9.17, 15) is 9.59 Å². The predicted molar refractivity (Wildman–Crippen MR) is 106 cm³/mol. The average Bonchev–Trinajstić information content (AvgIpc) is 2.64. The van der Waals surface area contributed by atoms with Crippen LogP contribution in [-0.2, 0) is 16.1 Å². The number of benzene rings is 2. The number of amides is 2. The van der Waals surface area contributed by atoms with Gasteiger partial charge in [-0.1, -0.05) is 35.7 Å². The monoisotopic (exact) mass is 364 g/mol. The Hall–Kier alpha value is -3.26. The SMILES string of the molecule is C#CCN(Cc1ccc(OC)cc1)C(=O)CC(=O)Nc1ccc(C)cc1C. The maximum atomic E-state index is 12.5. The average molecular weight is 364 g/mol. The zero-order valence-electron chi connectivity index (χ0n) is 15.9. The molecule has 0 heterocycles. The lowest BCUT2D eigenvalue weighted by Gasteiger charge is -2.20. The van der Waals surface area contributed by atoms with Crippen LogP contribution in [0, 0.1) is 26.2 Å². The molecule has 0 spiro atoms. The molecule has 0 aromatic heterocycles. The van der Waals surface area contributed by atoms with Crippen LogP contribution in [0.15, 0.2) is 42.5 Å². The summed E-state index contributed by atoms with van der Waals surface area (Å²) in [6.45, 7) is 4.38. The van der Waals surface area contributed by atoms with Gasteiger partial charge in [0.2, 0.25) is 11.8 Å². The quantitative estimate of drug-likeness (QED) is 0.606. The number of anilines is 1. The van der Waals surface area contributed by atoms with Crippen molar-refractivity contribution in [2.45, 2.75) is 26.8 Å². The summed E-state index contributed by atoms with van der Waals surface area (Å²) in [7, 11) is 1.59. The number of carbonyl (C=O) groups is 2. The summed E-state index contributed by atoms with van der Waals surface area (Å²) in [5.74, 6) is 2.54. The smallest absolute Gasteiger partial charge is 0.233 e. The third kappa shape index (κ3) is 5.89. The minimum atomic E-state index is -0.358. The number of aryl methyl sites for hydroxylation is 2. The summed E-state index contributed by atoms with van der Waals surface area (Å²) in [5, 5.41) is 2.79. The molecule has 2 aromatic carbocycles. The van der Waals surface area contributed by atoms with Gasteiger partial charge in [0.05, 0.1) is 13.7 Å². The van der Waals surface area contributed by atoms with E-state index >= 15 is 0 Å². The van der Waals surface area contributed by atoms with Crippen LogP contribution in [0.3, 0.4) is 0 Å². The van der Waals surface area contributed by atoms with E-state index in [1.807, 2.05) is 56.3 Å². The topological polar surface area (TPSA) is 58.6 Å². The Labute approximate surface area is 160 Å². The fourth-order valence-corrected chi connectivity index (χ4v) is 2.69. The molecule has 0 bridgehead atoms. The minimum absolute atomic E-state index is 0.141. The van der Waals surface area contributed by atoms with E-state index in [1.54, 1.807) is 7.11 Å². The maximum Gasteiger partial charge on any atom is 0.233 e. The van der Waals surface area contributed by atoms with E-state index in [2.05, 4.69) is 11.2 Å². The lowest BCUT2D eigenvalue weighted by Crippen LogP contribution is -2.33. The number of rotatable bonds is 7. The van der Waals surface area contributed by atoms with Crippen molar-refractivity contribution < 1.29 is 14.3 Å². The van der Waals surface area contributed by atoms with E-state index in [4.69, 9.17) is 11.2 Å². The maximum absolute atomic E-state index is 12.5. The van der Waals surface area contributed by atoms with Crippen LogP contribution >= 0.6 is 0 Å². The van der Waals surface area contributed by atoms with Crippen molar-refractivity contribution in [2.24, 2.45) is 0 Å². The molecule has 0 atom stereocenters. The van der Waals surface area contributed by atoms with E-state index in [0.29, 0.717) is 12.2 Å². The van der Waals surface area contributed by atoms with Gasteiger partial charge in [-0.15, -0.1) is 6.42 Å². The van der Waals surface area contributed by atoms with Crippen LogP contribution in [-0.4, -0.2) is 30.4 Å². The fourth-order valence-electron chi connectivity index (χ4n) is 2.69. The fraction of sp³-hybridized carbons (Fsp3) is 0.273. The molecule has 1 N–H and O–H groups in total. The number of nitrogens with zero attached hydrogens (tertiary/aromatic N) is 1. The molecule has 2 amide bonds. The molecule has 2 rings (SSSR count). The molecule has 2 aromatic rings. The molecule has 0 saturated carbocycles. The van der Waals surface area contributed by atoms with Crippen LogP contribution in [0.1, 0.15) is 23.1 Å². The number of ether oxygens (including phenoxy) is 1. The molecule has 0 fully saturated rings. The lowest BCUT2D eigenvalue weighted by atomic mass is 10.1. The van der Waals surface area contributed by atoms with E-state index in [0.717, 1.165) is 22.4 Å². The van der Waals surface area contributed by atoms with Crippen LogP contribution in [0.25, 0.3) is 0 Å². The van der Waals surface area contributed by atoms with Crippen molar-refractivity contribution in [3.8, 4) is 18.1 Å². The van der Waals surface area contributed by atoms with Crippen molar-refractivity contribution >= 4 is 17.5 Å². The zero-order chi connectivity index (χ0) is 19.8. The highest BCUT2D eigenvalue weighted by Crippen LogP contribution is 2.17. The molecule has 0 radical (unpaired) electrons. The standard InChI is InChI=1S/C22H24N2O3/c1-5-12-24(15-18-7-9-19(27-4)10-8-18)22(26)14-21(25)23-20-11-6-16(2)13-17(20)3/h1,6-11,13H,12,14-15H2,2-4H3,(H,23,25). The molecule has 5 heteroatoms. The van der Waals surface area contributed by atoms with Crippen molar-refractivity contribution in [1.82, 2.24) is 4.90 Å². The molecule has 0 unspecified atom stereocenters. The summed E-state index contributed by atoms with van der Waals surface area (Å²) < 4.78 is 5.13. The Bertz CT molecular complexity index is 851. The largest absolute Gasteiger partial charge is 0.497 e. The second-order valence-corrected chi connectivity index (χ2v) is 6.35. The van der Waals surface area contributed by atoms with Gasteiger partial charge in [0, 0.05) is 12.2 Å². The first kappa shape index (κ1) is 20.1. The minimum Gasteiger partial charge on any atom is -0.497 e. The molecule has 5 nitrogen and oxygen atoms in total. The van der Waals surface area contributed by atoms with Crippen LogP contribution in [0.2, 0.25) is 0 Å². The van der Waals surface area contributed by atoms with Gasteiger partial charge in [-0.05, 0) is 43.2 Å². The van der Waals surface area contributed by atoms with Gasteiger partial charge in [0.1, 0.15) is 12.2 Å². The number of hydrogen-bond acceptors (Lipinski definition) is 3. The van der Waals surface area contributed by atoms with Crippen LogP contribution in [0.4, 0.5) is 5.69 Å². The number of carbonyl (C=O) groups excluding carboxylic acids is 2. The first-order chi connectivity index (χ1) is 12.9. The highest BCUT2D eigenvalue weighted by molar-refractivity contribution is 6.03. The zero-order valence-corrected chi connectivity index (χ0v) is 15.9. The Morgan fingerprint density at radius 3 is 2.44 bits per heavy atom. The van der Waals surface area contributed by atoms with Gasteiger partial charge in [0.15, 0.2) is 0 Å². The van der Waals surface area contributed by atoms with Gasteiger partial charge in [-0.25, -0.2) is 0 Å². The van der Waals surface area contributed by atoms with Gasteiger partial charge in [-0.3, -0.25) is 9.59 Å². The summed E-state index contributed by atoms with van der Waals surface area (Å²) >= 11 is 0. The first-order valence-electron chi connectivity index (χ1n) is 8.64. The van der Waals surface area contributed by atoms with Crippen molar-refractivity contribution in [3.05, 3.63) is 59.2 Å². The molecular formula is C22H24N2O3. The molecule has 0 aliphatic rings. The van der Waals surface area contributed by atoms with Gasteiger partial charge in [0.25, 0.3) is 0 Å². The summed E-state index contributed by atoms with van der Waals surface area (Å²) in [6, 6.07) is 13.1. The van der Waals surface area contributed by atoms with E-state index in [-0.39, 0.29) is 24.8 Å². The normalized spacial score (nSPS) is 10.0. The second kappa shape index (κ2) is 9.44. The molecule has 27 heavy (non-hydrogen) atoms. The molecular weight excluding hydrogens is 340 g/mol. The first-order valence-corrected chi connectivity index (χ1v) is 8.64. The van der Waals surface area contributed by atoms with Crippen LogP contribution in [0.5, 0.6) is 5.75 Å². The number of nitrogens with one attached hydrogen (secondary N) is 1. The number of methoxy groups -OCH3 is 1. The Morgan fingerprint density at radius 1 is 1.15 bits per heavy atom. The molecule has 140 valence electrons. The summed E-state index contributed by atoms with van der Waals surface area (Å²) in [4.78, 5) is 26.3. The van der Waals surface area contributed by atoms with E-state index < -0.39 is 0 Å². The number of terminal acetylenes is 1. The van der Waals surface area contributed by atoms with Crippen molar-refractivity contribution in [1.29, 1.82) is 0 Å². The third-order valence-electron chi connectivity index (χ3n) is 4.14. The highest BCUT2D eigenvalue weighted by Gasteiger charge is 2.17. The summed E-state index contributed by atoms with van der Waals surface area (Å²) in [6.07, 6.45) is 5.13. The van der Waals surface area contributed by atoms with Crippen LogP contribution < -0.4 is 10.1 Å². The Morgan fingerprint density at radius 2 is 1.85 bits per heavy atom. The van der Waals surface area contributed by atoms with Gasteiger partial charge in [-0.2, -0.15) is 0 Å². The van der Waals surface area contributed by atoms with Gasteiger partial charge >= 0.3 is 0 Å². The Kier molecular flexibility index (Phi) is 7.01. The summed E-state index contributed by atoms with van der Waals surface area (Å²) in [5.41, 5.74) is 3.68. The third-order valence-corrected chi connectivity index (χ3v) is 4.14.